The number of hydrogen-bond donors (Lipinski definition) is 4. The Bertz CT molecular complexity index is 192. The largest absolute Gasteiger partial charge is 0.376 e. The predicted octanol–water partition coefficient (Wildman–Crippen LogP) is -2.35. The van der Waals surface area contributed by atoms with Crippen LogP contribution in [-0.2, 0) is 0 Å². The molecular weight excluding hydrogens is 192 g/mol. The molecule has 0 atom stereocenters. The first-order chi connectivity index (χ1) is 6.52. The molecule has 0 aromatic rings. The lowest BCUT2D eigenvalue weighted by Crippen LogP contribution is -2.32. The van der Waals surface area contributed by atoms with E-state index in [1.165, 1.54) is 9.80 Å². The summed E-state index contributed by atoms with van der Waals surface area (Å²) in [6, 6.07) is -1.13. The third kappa shape index (κ3) is 3.92. The molecule has 1 aliphatic heterocycles. The number of urea groups is 2. The van der Waals surface area contributed by atoms with Crippen LogP contribution < -0.4 is 11.5 Å². The SMILES string of the molecule is NC(N)=O.O=C1N(CO)CCN1CO. The van der Waals surface area contributed by atoms with Crippen LogP contribution in [0.5, 0.6) is 0 Å². The topological polar surface area (TPSA) is 133 Å². The average Bonchev–Trinajstić information content (AvgIpc) is 2.45. The van der Waals surface area contributed by atoms with E-state index in [4.69, 9.17) is 15.0 Å². The second-order valence-corrected chi connectivity index (χ2v) is 2.49. The van der Waals surface area contributed by atoms with Crippen LogP contribution in [0, 0.1) is 0 Å². The molecule has 6 N–H and O–H groups in total. The molecule has 0 aromatic heterocycles. The van der Waals surface area contributed by atoms with Crippen molar-refractivity contribution in [2.24, 2.45) is 11.5 Å². The van der Waals surface area contributed by atoms with Crippen LogP contribution >= 0.6 is 0 Å². The van der Waals surface area contributed by atoms with Crippen LogP contribution in [-0.4, -0.2) is 58.6 Å². The summed E-state index contributed by atoms with van der Waals surface area (Å²) in [5, 5.41) is 17.1. The van der Waals surface area contributed by atoms with E-state index in [-0.39, 0.29) is 19.5 Å². The van der Waals surface area contributed by atoms with Crippen LogP contribution in [0.4, 0.5) is 9.59 Å². The summed E-state index contributed by atoms with van der Waals surface area (Å²) in [6.45, 7) is 0.455. The monoisotopic (exact) mass is 206 g/mol. The van der Waals surface area contributed by atoms with Crippen molar-refractivity contribution in [1.29, 1.82) is 0 Å². The molecule has 1 saturated heterocycles. The molecule has 14 heavy (non-hydrogen) atoms. The van der Waals surface area contributed by atoms with E-state index in [2.05, 4.69) is 11.5 Å². The molecule has 8 nitrogen and oxygen atoms in total. The van der Waals surface area contributed by atoms with Crippen LogP contribution in [0.3, 0.4) is 0 Å². The number of rotatable bonds is 2. The highest BCUT2D eigenvalue weighted by Gasteiger charge is 2.26. The molecule has 1 heterocycles. The molecule has 0 aromatic carbocycles. The second-order valence-electron chi connectivity index (χ2n) is 2.49. The summed E-state index contributed by atoms with van der Waals surface area (Å²) in [4.78, 5) is 22.4. The van der Waals surface area contributed by atoms with Gasteiger partial charge in [-0.1, -0.05) is 0 Å². The van der Waals surface area contributed by atoms with Gasteiger partial charge in [-0.05, 0) is 0 Å². The molecule has 1 rings (SSSR count). The zero-order chi connectivity index (χ0) is 11.1. The fourth-order valence-electron chi connectivity index (χ4n) is 0.895. The Morgan fingerprint density at radius 2 is 1.50 bits per heavy atom. The van der Waals surface area contributed by atoms with Gasteiger partial charge in [0.25, 0.3) is 0 Å². The molecule has 1 fully saturated rings. The number of aliphatic hydroxyl groups is 2. The number of nitrogens with two attached hydrogens (primary N) is 2. The first kappa shape index (κ1) is 12.5. The fourth-order valence-corrected chi connectivity index (χ4v) is 0.895. The quantitative estimate of drug-likeness (QED) is 0.402. The first-order valence-corrected chi connectivity index (χ1v) is 3.83. The second kappa shape index (κ2) is 6.00. The van der Waals surface area contributed by atoms with Crippen LogP contribution in [0.1, 0.15) is 0 Å². The van der Waals surface area contributed by atoms with E-state index in [0.717, 1.165) is 0 Å². The first-order valence-electron chi connectivity index (χ1n) is 3.83. The van der Waals surface area contributed by atoms with Gasteiger partial charge in [-0.2, -0.15) is 0 Å². The van der Waals surface area contributed by atoms with E-state index in [1.807, 2.05) is 0 Å². The van der Waals surface area contributed by atoms with Crippen molar-refractivity contribution in [3.8, 4) is 0 Å². The molecular formula is C6H14N4O4. The maximum Gasteiger partial charge on any atom is 0.323 e. The standard InChI is InChI=1S/C5H10N2O3.CH4N2O/c8-3-6-1-2-7(4-9)5(6)10;2-1(3)4/h8-9H,1-4H2;(H4,2,3,4). The minimum absolute atomic E-state index is 0.269. The lowest BCUT2D eigenvalue weighted by atomic mass is 10.6. The number of carbonyl (C=O) groups is 2. The number of primary amides is 2. The van der Waals surface area contributed by atoms with Crippen LogP contribution in [0.2, 0.25) is 0 Å². The number of carbonyl (C=O) groups excluding carboxylic acids is 2. The van der Waals surface area contributed by atoms with Gasteiger partial charge in [-0.15, -0.1) is 0 Å². The minimum Gasteiger partial charge on any atom is -0.376 e. The van der Waals surface area contributed by atoms with Gasteiger partial charge in [-0.25, -0.2) is 9.59 Å². The van der Waals surface area contributed by atoms with Crippen LogP contribution in [0.15, 0.2) is 0 Å². The summed E-state index contributed by atoms with van der Waals surface area (Å²) in [5.74, 6) is 0. The maximum absolute atomic E-state index is 10.9. The lowest BCUT2D eigenvalue weighted by Gasteiger charge is -2.13. The predicted molar refractivity (Wildman–Crippen MR) is 46.8 cm³/mol. The molecule has 4 amide bonds. The van der Waals surface area contributed by atoms with Gasteiger partial charge >= 0.3 is 12.1 Å². The van der Waals surface area contributed by atoms with Crippen LogP contribution in [0.25, 0.3) is 0 Å². The van der Waals surface area contributed by atoms with Gasteiger partial charge < -0.3 is 21.7 Å². The zero-order valence-electron chi connectivity index (χ0n) is 7.59. The van der Waals surface area contributed by atoms with E-state index in [1.54, 1.807) is 0 Å². The molecule has 0 saturated carbocycles. The Balaban J connectivity index is 0.000000364. The number of amides is 4. The Morgan fingerprint density at radius 1 is 1.21 bits per heavy atom. The molecule has 8 heteroatoms. The van der Waals surface area contributed by atoms with E-state index in [9.17, 15) is 4.79 Å². The average molecular weight is 206 g/mol. The smallest absolute Gasteiger partial charge is 0.323 e. The third-order valence-corrected chi connectivity index (χ3v) is 1.52. The molecule has 1 aliphatic rings. The molecule has 0 aliphatic carbocycles. The molecule has 0 bridgehead atoms. The summed E-state index contributed by atoms with van der Waals surface area (Å²) in [7, 11) is 0. The van der Waals surface area contributed by atoms with E-state index >= 15 is 0 Å². The molecule has 0 unspecified atom stereocenters. The normalized spacial score (nSPS) is 15.1. The highest BCUT2D eigenvalue weighted by Crippen LogP contribution is 2.04. The van der Waals surface area contributed by atoms with Crippen molar-refractivity contribution < 1.29 is 19.8 Å². The summed E-state index contributed by atoms with van der Waals surface area (Å²) >= 11 is 0. The summed E-state index contributed by atoms with van der Waals surface area (Å²) in [6.07, 6.45) is 0. The molecule has 82 valence electrons. The Hall–Kier alpha value is -1.54. The Labute approximate surface area is 80.7 Å². The highest BCUT2D eigenvalue weighted by atomic mass is 16.3. The number of hydrogen-bond acceptors (Lipinski definition) is 4. The molecule has 0 radical (unpaired) electrons. The van der Waals surface area contributed by atoms with Crippen molar-refractivity contribution in [2.45, 2.75) is 0 Å². The molecule has 0 spiro atoms. The number of aliphatic hydroxyl groups excluding tert-OH is 2. The van der Waals surface area contributed by atoms with Crippen molar-refractivity contribution in [2.75, 3.05) is 26.6 Å². The Kier molecular flexibility index (Phi) is 5.34. The zero-order valence-corrected chi connectivity index (χ0v) is 7.59. The summed E-state index contributed by atoms with van der Waals surface area (Å²) in [5.41, 5.74) is 8.50. The Morgan fingerprint density at radius 3 is 1.64 bits per heavy atom. The van der Waals surface area contributed by atoms with Crippen molar-refractivity contribution >= 4 is 12.1 Å². The fraction of sp³-hybridized carbons (Fsp3) is 0.667. The van der Waals surface area contributed by atoms with E-state index in [0.29, 0.717) is 13.1 Å². The lowest BCUT2D eigenvalue weighted by molar-refractivity contribution is 0.113. The van der Waals surface area contributed by atoms with Gasteiger partial charge in [0.05, 0.1) is 0 Å². The van der Waals surface area contributed by atoms with Gasteiger partial charge in [0.15, 0.2) is 0 Å². The van der Waals surface area contributed by atoms with Gasteiger partial charge in [0.2, 0.25) is 0 Å². The highest BCUT2D eigenvalue weighted by molar-refractivity contribution is 5.76. The maximum atomic E-state index is 10.9. The van der Waals surface area contributed by atoms with Gasteiger partial charge in [0.1, 0.15) is 13.5 Å². The minimum atomic E-state index is -0.833. The number of nitrogens with zero attached hydrogens (tertiary/aromatic N) is 2. The van der Waals surface area contributed by atoms with E-state index < -0.39 is 6.03 Å². The van der Waals surface area contributed by atoms with Gasteiger partial charge in [0, 0.05) is 13.1 Å². The van der Waals surface area contributed by atoms with Gasteiger partial charge in [-0.3, -0.25) is 9.80 Å². The third-order valence-electron chi connectivity index (χ3n) is 1.52. The summed E-state index contributed by atoms with van der Waals surface area (Å²) < 4.78 is 0. The van der Waals surface area contributed by atoms with Crippen molar-refractivity contribution in [1.82, 2.24) is 9.80 Å². The van der Waals surface area contributed by atoms with Crippen molar-refractivity contribution in [3.05, 3.63) is 0 Å². The van der Waals surface area contributed by atoms with Crippen molar-refractivity contribution in [3.63, 3.8) is 0 Å².